The SMILES string of the molecule is CC[Si](CC)(CC)OC(C)(C)CCc1ccc(-c2cc(C(N)=O)c3[nH]cc(C4CCS(O)(O)CC4)c3c2)s1. The molecule has 38 heavy (non-hydrogen) atoms. The number of benzene rings is 1. The lowest BCUT2D eigenvalue weighted by Crippen LogP contribution is -2.44. The highest BCUT2D eigenvalue weighted by Gasteiger charge is 2.35. The van der Waals surface area contributed by atoms with Crippen LogP contribution in [0.4, 0.5) is 0 Å². The van der Waals surface area contributed by atoms with Crippen LogP contribution in [0.25, 0.3) is 21.3 Å². The summed E-state index contributed by atoms with van der Waals surface area (Å²) >= 11 is 1.77. The average molecular weight is 577 g/mol. The van der Waals surface area contributed by atoms with Gasteiger partial charge in [-0.15, -0.1) is 11.3 Å². The molecule has 4 rings (SSSR count). The average Bonchev–Trinajstić information content (AvgIpc) is 3.53. The summed E-state index contributed by atoms with van der Waals surface area (Å²) in [7, 11) is -4.12. The molecule has 0 spiro atoms. The van der Waals surface area contributed by atoms with Gasteiger partial charge in [0.2, 0.25) is 0 Å². The Bertz CT molecular complexity index is 1260. The minimum absolute atomic E-state index is 0.154. The number of primary amides is 1. The second-order valence-corrected chi connectivity index (χ2v) is 19.7. The molecule has 1 aliphatic heterocycles. The summed E-state index contributed by atoms with van der Waals surface area (Å²) in [6.07, 6.45) is 5.34. The largest absolute Gasteiger partial charge is 0.412 e. The molecule has 3 heterocycles. The number of nitrogens with one attached hydrogen (secondary N) is 1. The fraction of sp³-hybridized carbons (Fsp3) is 0.552. The van der Waals surface area contributed by atoms with Crippen molar-refractivity contribution in [3.05, 3.63) is 46.5 Å². The van der Waals surface area contributed by atoms with Crippen molar-refractivity contribution in [1.82, 2.24) is 4.98 Å². The Morgan fingerprint density at radius 2 is 1.82 bits per heavy atom. The van der Waals surface area contributed by atoms with Crippen LogP contribution in [0.3, 0.4) is 0 Å². The van der Waals surface area contributed by atoms with Gasteiger partial charge in [0.15, 0.2) is 8.32 Å². The zero-order valence-electron chi connectivity index (χ0n) is 23.4. The molecule has 0 atom stereocenters. The quantitative estimate of drug-likeness (QED) is 0.172. The van der Waals surface area contributed by atoms with E-state index in [4.69, 9.17) is 10.2 Å². The smallest absolute Gasteiger partial charge is 0.250 e. The van der Waals surface area contributed by atoms with Gasteiger partial charge in [-0.05, 0) is 99.0 Å². The van der Waals surface area contributed by atoms with Crippen LogP contribution in [0.2, 0.25) is 18.1 Å². The Kier molecular flexibility index (Phi) is 8.86. The van der Waals surface area contributed by atoms with Crippen LogP contribution in [0.1, 0.15) is 80.6 Å². The maximum Gasteiger partial charge on any atom is 0.250 e. The third-order valence-electron chi connectivity index (χ3n) is 8.46. The summed E-state index contributed by atoms with van der Waals surface area (Å²) in [4.78, 5) is 18.1. The first kappa shape index (κ1) is 29.4. The number of thiophene rings is 1. The van der Waals surface area contributed by atoms with E-state index in [2.05, 4.69) is 57.8 Å². The minimum Gasteiger partial charge on any atom is -0.412 e. The van der Waals surface area contributed by atoms with Crippen LogP contribution in [-0.2, 0) is 10.8 Å². The molecule has 1 aromatic carbocycles. The number of carbonyl (C=O) groups is 1. The number of aromatic amines is 1. The van der Waals surface area contributed by atoms with E-state index < -0.39 is 24.8 Å². The Hall–Kier alpha value is -1.62. The van der Waals surface area contributed by atoms with Gasteiger partial charge in [-0.25, -0.2) is 0 Å². The van der Waals surface area contributed by atoms with Crippen LogP contribution in [-0.4, -0.2) is 45.4 Å². The highest BCUT2D eigenvalue weighted by atomic mass is 32.3. The van der Waals surface area contributed by atoms with Crippen molar-refractivity contribution < 1.29 is 18.3 Å². The van der Waals surface area contributed by atoms with E-state index in [1.54, 1.807) is 11.3 Å². The molecular formula is C29H44N2O4S2Si. The highest BCUT2D eigenvalue weighted by molar-refractivity contribution is 8.24. The number of nitrogens with two attached hydrogens (primary N) is 1. The van der Waals surface area contributed by atoms with E-state index in [9.17, 15) is 13.9 Å². The second kappa shape index (κ2) is 11.5. The van der Waals surface area contributed by atoms with E-state index in [1.807, 2.05) is 12.3 Å². The van der Waals surface area contributed by atoms with Gasteiger partial charge in [-0.2, -0.15) is 10.6 Å². The van der Waals surface area contributed by atoms with Crippen molar-refractivity contribution >= 4 is 47.1 Å². The molecule has 6 nitrogen and oxygen atoms in total. The molecule has 1 fully saturated rings. The van der Waals surface area contributed by atoms with E-state index in [1.165, 1.54) is 4.88 Å². The van der Waals surface area contributed by atoms with Gasteiger partial charge in [0.25, 0.3) is 5.91 Å². The molecule has 210 valence electrons. The molecule has 5 N–H and O–H groups in total. The van der Waals surface area contributed by atoms with Gasteiger partial charge in [-0.1, -0.05) is 20.8 Å². The first-order valence-corrected chi connectivity index (χ1v) is 19.1. The molecular weight excluding hydrogens is 533 g/mol. The summed E-state index contributed by atoms with van der Waals surface area (Å²) < 4.78 is 26.9. The fourth-order valence-corrected chi connectivity index (χ4v) is 11.6. The number of aromatic nitrogens is 1. The lowest BCUT2D eigenvalue weighted by Gasteiger charge is -2.39. The number of aryl methyl sites for hydroxylation is 1. The topological polar surface area (TPSA) is 109 Å². The normalized spacial score (nSPS) is 17.7. The van der Waals surface area contributed by atoms with Gasteiger partial charge >= 0.3 is 0 Å². The first-order valence-electron chi connectivity index (χ1n) is 13.9. The Labute approximate surface area is 233 Å². The zero-order chi connectivity index (χ0) is 27.7. The van der Waals surface area contributed by atoms with Crippen LogP contribution >= 0.6 is 21.9 Å². The van der Waals surface area contributed by atoms with Gasteiger partial charge < -0.3 is 15.1 Å². The number of carbonyl (C=O) groups excluding carboxylic acids is 1. The monoisotopic (exact) mass is 576 g/mol. The minimum atomic E-state index is -2.45. The summed E-state index contributed by atoms with van der Waals surface area (Å²) in [5.41, 5.74) is 9.03. The molecule has 0 saturated carbocycles. The number of fused-ring (bicyclic) bond motifs is 1. The molecule has 1 amide bonds. The predicted molar refractivity (Wildman–Crippen MR) is 165 cm³/mol. The standard InChI is InChI=1S/C29H44N2O4S2Si/c1-6-38(7-2,8-3)35-29(4,5)14-11-22-9-10-26(36-22)21-17-23-25(20-12-15-37(33,34)16-13-20)19-31-27(23)24(18-21)28(30)32/h9-10,17-20,31,33-34H,6-8,11-16H2,1-5H3,(H2,30,32). The van der Waals surface area contributed by atoms with E-state index >= 15 is 0 Å². The lowest BCUT2D eigenvalue weighted by molar-refractivity contribution is 0.0864. The Balaban J connectivity index is 1.57. The van der Waals surface area contributed by atoms with Gasteiger partial charge in [0.1, 0.15) is 0 Å². The maximum atomic E-state index is 12.4. The number of H-pyrrole nitrogens is 1. The number of hydrogen-bond acceptors (Lipinski definition) is 5. The molecule has 1 aliphatic rings. The van der Waals surface area contributed by atoms with E-state index in [-0.39, 0.29) is 11.5 Å². The molecule has 0 bridgehead atoms. The van der Waals surface area contributed by atoms with Crippen molar-refractivity contribution in [3.8, 4) is 10.4 Å². The molecule has 9 heteroatoms. The van der Waals surface area contributed by atoms with Crippen molar-refractivity contribution in [2.24, 2.45) is 5.73 Å². The van der Waals surface area contributed by atoms with E-state index in [0.717, 1.165) is 70.7 Å². The summed E-state index contributed by atoms with van der Waals surface area (Å²) in [6.45, 7) is 11.3. The molecule has 2 aromatic heterocycles. The van der Waals surface area contributed by atoms with Crippen LogP contribution in [0, 0.1) is 0 Å². The number of amides is 1. The molecule has 0 aliphatic carbocycles. The van der Waals surface area contributed by atoms with Gasteiger partial charge in [-0.3, -0.25) is 13.9 Å². The van der Waals surface area contributed by atoms with Crippen molar-refractivity contribution in [2.45, 2.75) is 90.0 Å². The predicted octanol–water partition coefficient (Wildman–Crippen LogP) is 8.36. The molecule has 0 unspecified atom stereocenters. The summed E-state index contributed by atoms with van der Waals surface area (Å²) in [5, 5.41) is 1.00. The number of hydrogen-bond donors (Lipinski definition) is 4. The van der Waals surface area contributed by atoms with Crippen LogP contribution in [0.15, 0.2) is 30.5 Å². The third-order valence-corrected chi connectivity index (χ3v) is 16.3. The Morgan fingerprint density at radius 3 is 2.42 bits per heavy atom. The zero-order valence-corrected chi connectivity index (χ0v) is 26.1. The van der Waals surface area contributed by atoms with Gasteiger partial charge in [0.05, 0.1) is 16.7 Å². The van der Waals surface area contributed by atoms with Crippen LogP contribution < -0.4 is 5.73 Å². The van der Waals surface area contributed by atoms with Crippen LogP contribution in [0.5, 0.6) is 0 Å². The maximum absolute atomic E-state index is 12.4. The van der Waals surface area contributed by atoms with Crippen molar-refractivity contribution in [2.75, 3.05) is 11.5 Å². The summed E-state index contributed by atoms with van der Waals surface area (Å²) in [6, 6.07) is 11.9. The molecule has 0 radical (unpaired) electrons. The highest BCUT2D eigenvalue weighted by Crippen LogP contribution is 2.49. The second-order valence-electron chi connectivity index (χ2n) is 11.4. The third kappa shape index (κ3) is 6.40. The number of rotatable bonds is 11. The van der Waals surface area contributed by atoms with Crippen molar-refractivity contribution in [1.29, 1.82) is 0 Å². The van der Waals surface area contributed by atoms with Crippen molar-refractivity contribution in [3.63, 3.8) is 0 Å². The molecule has 3 aromatic rings. The lowest BCUT2D eigenvalue weighted by atomic mass is 9.91. The fourth-order valence-electron chi connectivity index (χ4n) is 5.84. The summed E-state index contributed by atoms with van der Waals surface area (Å²) in [5.74, 6) is 0.638. The van der Waals surface area contributed by atoms with Gasteiger partial charge in [0, 0.05) is 32.8 Å². The Morgan fingerprint density at radius 1 is 1.16 bits per heavy atom. The van der Waals surface area contributed by atoms with E-state index in [0.29, 0.717) is 17.1 Å². The first-order chi connectivity index (χ1) is 17.9. The molecule has 1 saturated heterocycles.